The number of halogens is 2. The molecule has 45 heavy (non-hydrogen) atoms. The van der Waals surface area contributed by atoms with E-state index in [9.17, 15) is 18.4 Å². The first-order valence-corrected chi connectivity index (χ1v) is 14.8. The number of ether oxygens (including phenoxy) is 2. The lowest BCUT2D eigenvalue weighted by atomic mass is 10.2. The molecular weight excluding hydrogens is 586 g/mol. The van der Waals surface area contributed by atoms with Gasteiger partial charge >= 0.3 is 6.09 Å². The Balaban J connectivity index is 1.19. The van der Waals surface area contributed by atoms with Gasteiger partial charge in [-0.15, -0.1) is 0 Å². The van der Waals surface area contributed by atoms with Crippen LogP contribution in [0.5, 0.6) is 0 Å². The maximum Gasteiger partial charge on any atom is 0.407 e. The van der Waals surface area contributed by atoms with Crippen LogP contribution in [0.2, 0.25) is 0 Å². The van der Waals surface area contributed by atoms with Gasteiger partial charge in [0.1, 0.15) is 24.8 Å². The highest BCUT2D eigenvalue weighted by Crippen LogP contribution is 2.30. The van der Waals surface area contributed by atoms with E-state index < -0.39 is 18.3 Å². The molecule has 0 aliphatic carbocycles. The minimum absolute atomic E-state index is 0.0994. The second kappa shape index (κ2) is 13.4. The number of benzene rings is 2. The molecule has 0 radical (unpaired) electrons. The lowest BCUT2D eigenvalue weighted by Gasteiger charge is -2.40. The van der Waals surface area contributed by atoms with Gasteiger partial charge < -0.3 is 29.5 Å². The van der Waals surface area contributed by atoms with Gasteiger partial charge in [-0.25, -0.2) is 18.6 Å². The second-order valence-electron chi connectivity index (χ2n) is 10.9. The molecule has 12 nitrogen and oxygen atoms in total. The standard InChI is InChI=1S/C31H34F2N8O4/c1-21-19-39(11-12-40(21)27(42)18-34-31(43)45-20-22-7-3-2-4-8-22)26-17-25(38-13-15-44-16-14-38)36-30(37-26)41-24-10-6-5-9-23(24)35-29(41)28(32)33/h2-10,17,21,28H,11-16,18-20H2,1H3,(H,34,43). The molecule has 0 saturated carbocycles. The van der Waals surface area contributed by atoms with Crippen molar-refractivity contribution in [3.63, 3.8) is 0 Å². The zero-order valence-electron chi connectivity index (χ0n) is 24.8. The van der Waals surface area contributed by atoms with Crippen LogP contribution >= 0.6 is 0 Å². The Labute approximate surface area is 258 Å². The van der Waals surface area contributed by atoms with E-state index in [0.29, 0.717) is 68.6 Å². The summed E-state index contributed by atoms with van der Waals surface area (Å²) in [5.74, 6) is 0.589. The number of hydrogen-bond donors (Lipinski definition) is 1. The van der Waals surface area contributed by atoms with Gasteiger partial charge in [0.2, 0.25) is 11.9 Å². The number of nitrogens with zero attached hydrogens (tertiary/aromatic N) is 7. The molecule has 236 valence electrons. The number of aromatic nitrogens is 4. The summed E-state index contributed by atoms with van der Waals surface area (Å²) in [6.45, 7) is 5.34. The number of rotatable bonds is 8. The molecule has 2 aromatic carbocycles. The predicted molar refractivity (Wildman–Crippen MR) is 163 cm³/mol. The fraction of sp³-hybridized carbons (Fsp3) is 0.387. The van der Waals surface area contributed by atoms with Crippen molar-refractivity contribution >= 4 is 34.7 Å². The zero-order chi connectivity index (χ0) is 31.3. The van der Waals surface area contributed by atoms with Crippen LogP contribution in [0.15, 0.2) is 60.7 Å². The van der Waals surface area contributed by atoms with Crippen LogP contribution in [0.4, 0.5) is 25.2 Å². The van der Waals surface area contributed by atoms with Gasteiger partial charge in [-0.2, -0.15) is 9.97 Å². The number of carbonyl (C=O) groups is 2. The van der Waals surface area contributed by atoms with Crippen LogP contribution in [-0.2, 0) is 20.9 Å². The molecule has 1 N–H and O–H groups in total. The molecule has 2 aromatic heterocycles. The molecular formula is C31H34F2N8O4. The highest BCUT2D eigenvalue weighted by Gasteiger charge is 2.30. The van der Waals surface area contributed by atoms with Crippen molar-refractivity contribution in [3.8, 4) is 5.95 Å². The highest BCUT2D eigenvalue weighted by molar-refractivity contribution is 5.83. The van der Waals surface area contributed by atoms with E-state index in [1.54, 1.807) is 29.2 Å². The van der Waals surface area contributed by atoms with Crippen molar-refractivity contribution in [2.75, 3.05) is 62.3 Å². The molecule has 2 aliphatic heterocycles. The van der Waals surface area contributed by atoms with Gasteiger partial charge in [-0.3, -0.25) is 9.36 Å². The molecule has 2 aliphatic rings. The number of imidazole rings is 1. The summed E-state index contributed by atoms with van der Waals surface area (Å²) in [7, 11) is 0. The van der Waals surface area contributed by atoms with Gasteiger partial charge in [0, 0.05) is 44.8 Å². The SMILES string of the molecule is CC1CN(c2cc(N3CCOCC3)nc(-n3c(C(F)F)nc4ccccc43)n2)CCN1C(=O)CNC(=O)OCc1ccccc1. The van der Waals surface area contributed by atoms with Crippen LogP contribution in [0.3, 0.4) is 0 Å². The van der Waals surface area contributed by atoms with Gasteiger partial charge in [0.25, 0.3) is 6.43 Å². The number of morpholine rings is 1. The van der Waals surface area contributed by atoms with Crippen molar-refractivity contribution < 1.29 is 27.8 Å². The number of alkyl carbamates (subject to hydrolysis) is 1. The van der Waals surface area contributed by atoms with Crippen LogP contribution in [-0.4, -0.2) is 94.9 Å². The number of alkyl halides is 2. The maximum atomic E-state index is 14.2. The molecule has 14 heteroatoms. The Bertz CT molecular complexity index is 1650. The molecule has 0 spiro atoms. The van der Waals surface area contributed by atoms with Crippen molar-refractivity contribution in [2.24, 2.45) is 0 Å². The molecule has 4 aromatic rings. The molecule has 4 heterocycles. The van der Waals surface area contributed by atoms with E-state index in [4.69, 9.17) is 19.4 Å². The monoisotopic (exact) mass is 620 g/mol. The lowest BCUT2D eigenvalue weighted by molar-refractivity contribution is -0.132. The van der Waals surface area contributed by atoms with E-state index >= 15 is 0 Å². The number of fused-ring (bicyclic) bond motifs is 1. The molecule has 0 bridgehead atoms. The average Bonchev–Trinajstić information content (AvgIpc) is 3.47. The molecule has 2 fully saturated rings. The summed E-state index contributed by atoms with van der Waals surface area (Å²) in [4.78, 5) is 44.7. The summed E-state index contributed by atoms with van der Waals surface area (Å²) < 4.78 is 40.5. The Hall–Kier alpha value is -4.85. The lowest BCUT2D eigenvalue weighted by Crippen LogP contribution is -2.56. The van der Waals surface area contributed by atoms with Crippen molar-refractivity contribution in [3.05, 3.63) is 72.1 Å². The fourth-order valence-electron chi connectivity index (χ4n) is 5.59. The van der Waals surface area contributed by atoms with Crippen LogP contribution in [0, 0.1) is 0 Å². The third-order valence-electron chi connectivity index (χ3n) is 7.87. The number of anilines is 2. The van der Waals surface area contributed by atoms with Crippen molar-refractivity contribution in [1.82, 2.24) is 29.7 Å². The minimum atomic E-state index is -2.84. The largest absolute Gasteiger partial charge is 0.445 e. The fourth-order valence-corrected chi connectivity index (χ4v) is 5.59. The average molecular weight is 621 g/mol. The topological polar surface area (TPSA) is 118 Å². The van der Waals surface area contributed by atoms with Crippen LogP contribution in [0.25, 0.3) is 17.0 Å². The molecule has 1 unspecified atom stereocenters. The smallest absolute Gasteiger partial charge is 0.407 e. The van der Waals surface area contributed by atoms with Gasteiger partial charge in [0.05, 0.1) is 24.2 Å². The summed E-state index contributed by atoms with van der Waals surface area (Å²) in [6.07, 6.45) is -3.51. The Morgan fingerprint density at radius 1 is 0.956 bits per heavy atom. The number of nitrogens with one attached hydrogen (secondary N) is 1. The maximum absolute atomic E-state index is 14.2. The number of hydrogen-bond acceptors (Lipinski definition) is 9. The predicted octanol–water partition coefficient (Wildman–Crippen LogP) is 3.55. The van der Waals surface area contributed by atoms with E-state index in [-0.39, 0.29) is 31.0 Å². The molecule has 6 rings (SSSR count). The van der Waals surface area contributed by atoms with Crippen LogP contribution < -0.4 is 15.1 Å². The zero-order valence-corrected chi connectivity index (χ0v) is 24.8. The molecule has 1 atom stereocenters. The molecule has 2 saturated heterocycles. The minimum Gasteiger partial charge on any atom is -0.445 e. The number of para-hydroxylation sites is 2. The summed E-state index contributed by atoms with van der Waals surface area (Å²) in [5, 5.41) is 2.54. The first-order chi connectivity index (χ1) is 21.9. The summed E-state index contributed by atoms with van der Waals surface area (Å²) >= 11 is 0. The van der Waals surface area contributed by atoms with Gasteiger partial charge in [-0.1, -0.05) is 42.5 Å². The first-order valence-electron chi connectivity index (χ1n) is 14.8. The van der Waals surface area contributed by atoms with E-state index in [2.05, 4.69) is 10.3 Å². The molecule has 2 amide bonds. The highest BCUT2D eigenvalue weighted by atomic mass is 19.3. The number of piperazine rings is 1. The normalized spacial score (nSPS) is 17.2. The quantitative estimate of drug-likeness (QED) is 0.316. The number of carbonyl (C=O) groups excluding carboxylic acids is 2. The van der Waals surface area contributed by atoms with E-state index in [1.807, 2.05) is 53.1 Å². The summed E-state index contributed by atoms with van der Waals surface area (Å²) in [6, 6.07) is 17.8. The van der Waals surface area contributed by atoms with E-state index in [1.165, 1.54) is 4.57 Å². The first kappa shape index (κ1) is 30.2. The Morgan fingerprint density at radius 2 is 1.67 bits per heavy atom. The van der Waals surface area contributed by atoms with Crippen molar-refractivity contribution in [2.45, 2.75) is 26.0 Å². The van der Waals surface area contributed by atoms with Crippen LogP contribution in [0.1, 0.15) is 24.7 Å². The summed E-state index contributed by atoms with van der Waals surface area (Å²) in [5.41, 5.74) is 1.75. The third-order valence-corrected chi connectivity index (χ3v) is 7.87. The third kappa shape index (κ3) is 6.80. The second-order valence-corrected chi connectivity index (χ2v) is 10.9. The van der Waals surface area contributed by atoms with Crippen molar-refractivity contribution in [1.29, 1.82) is 0 Å². The number of amides is 2. The van der Waals surface area contributed by atoms with Gasteiger partial charge in [0.15, 0.2) is 5.82 Å². The Kier molecular flexibility index (Phi) is 9.01. The van der Waals surface area contributed by atoms with Gasteiger partial charge in [-0.05, 0) is 24.6 Å². The van der Waals surface area contributed by atoms with E-state index in [0.717, 1.165) is 5.56 Å². The Morgan fingerprint density at radius 3 is 2.40 bits per heavy atom.